The quantitative estimate of drug-likeness (QED) is 0.767. The third-order valence-corrected chi connectivity index (χ3v) is 3.34. The number of rotatable bonds is 3. The molecule has 1 fully saturated rings. The van der Waals surface area contributed by atoms with E-state index >= 15 is 0 Å². The second kappa shape index (κ2) is 4.67. The molecular weight excluding hydrogens is 184 g/mol. The molecule has 0 amide bonds. The van der Waals surface area contributed by atoms with E-state index in [1.807, 2.05) is 12.1 Å². The van der Waals surface area contributed by atoms with Crippen LogP contribution in [0.15, 0.2) is 24.3 Å². The molecule has 0 saturated carbocycles. The van der Waals surface area contributed by atoms with Crippen molar-refractivity contribution in [2.45, 2.75) is 38.8 Å². The summed E-state index contributed by atoms with van der Waals surface area (Å²) in [6.45, 7) is 4.62. The first-order valence-electron chi connectivity index (χ1n) is 5.88. The first-order valence-corrected chi connectivity index (χ1v) is 5.88. The van der Waals surface area contributed by atoms with Crippen molar-refractivity contribution in [2.75, 3.05) is 12.3 Å². The molecule has 0 aliphatic carbocycles. The van der Waals surface area contributed by atoms with Crippen molar-refractivity contribution in [1.82, 2.24) is 4.90 Å². The van der Waals surface area contributed by atoms with Crippen LogP contribution in [0.25, 0.3) is 0 Å². The van der Waals surface area contributed by atoms with Crippen molar-refractivity contribution in [3.05, 3.63) is 29.8 Å². The lowest BCUT2D eigenvalue weighted by Crippen LogP contribution is -2.28. The summed E-state index contributed by atoms with van der Waals surface area (Å²) in [4.78, 5) is 2.59. The van der Waals surface area contributed by atoms with E-state index in [9.17, 15) is 0 Å². The first kappa shape index (κ1) is 10.5. The molecule has 0 aromatic heterocycles. The van der Waals surface area contributed by atoms with Gasteiger partial charge < -0.3 is 5.73 Å². The summed E-state index contributed by atoms with van der Waals surface area (Å²) in [5.74, 6) is 0. The van der Waals surface area contributed by atoms with Gasteiger partial charge in [-0.3, -0.25) is 4.90 Å². The Morgan fingerprint density at radius 2 is 2.07 bits per heavy atom. The molecule has 1 aliphatic rings. The molecule has 1 aliphatic heterocycles. The lowest BCUT2D eigenvalue weighted by atomic mass is 10.1. The summed E-state index contributed by atoms with van der Waals surface area (Å²) >= 11 is 0. The Morgan fingerprint density at radius 1 is 1.33 bits per heavy atom. The predicted molar refractivity (Wildman–Crippen MR) is 64.6 cm³/mol. The van der Waals surface area contributed by atoms with Crippen molar-refractivity contribution >= 4 is 5.69 Å². The fraction of sp³-hybridized carbons (Fsp3) is 0.538. The predicted octanol–water partition coefficient (Wildman–Crippen LogP) is 2.64. The Morgan fingerprint density at radius 3 is 2.73 bits per heavy atom. The van der Waals surface area contributed by atoms with Gasteiger partial charge in [0.15, 0.2) is 0 Å². The molecule has 1 atom stereocenters. The van der Waals surface area contributed by atoms with Crippen molar-refractivity contribution in [3.8, 4) is 0 Å². The number of nitrogen functional groups attached to an aromatic ring is 1. The Hall–Kier alpha value is -1.02. The summed E-state index contributed by atoms with van der Waals surface area (Å²) in [6.07, 6.45) is 3.99. The summed E-state index contributed by atoms with van der Waals surface area (Å²) < 4.78 is 0. The Labute approximate surface area is 92.1 Å². The summed E-state index contributed by atoms with van der Waals surface area (Å²) in [5, 5.41) is 0. The monoisotopic (exact) mass is 204 g/mol. The molecule has 2 nitrogen and oxygen atoms in total. The van der Waals surface area contributed by atoms with E-state index in [-0.39, 0.29) is 0 Å². The maximum Gasteiger partial charge on any atom is 0.0314 e. The van der Waals surface area contributed by atoms with Gasteiger partial charge >= 0.3 is 0 Å². The molecule has 2 rings (SSSR count). The van der Waals surface area contributed by atoms with Crippen molar-refractivity contribution in [2.24, 2.45) is 0 Å². The highest BCUT2D eigenvalue weighted by Crippen LogP contribution is 2.22. The maximum absolute atomic E-state index is 5.67. The molecule has 1 aromatic rings. The second-order valence-corrected chi connectivity index (χ2v) is 4.42. The van der Waals surface area contributed by atoms with Gasteiger partial charge in [-0.2, -0.15) is 0 Å². The molecule has 0 unspecified atom stereocenters. The zero-order valence-electron chi connectivity index (χ0n) is 9.45. The van der Waals surface area contributed by atoms with Crippen molar-refractivity contribution in [1.29, 1.82) is 0 Å². The van der Waals surface area contributed by atoms with Crippen LogP contribution < -0.4 is 5.73 Å². The third-order valence-electron chi connectivity index (χ3n) is 3.34. The van der Waals surface area contributed by atoms with Crippen LogP contribution in [0.2, 0.25) is 0 Å². The summed E-state index contributed by atoms with van der Waals surface area (Å²) in [7, 11) is 0. The Bertz CT molecular complexity index is 305. The number of likely N-dealkylation sites (tertiary alicyclic amines) is 1. The second-order valence-electron chi connectivity index (χ2n) is 4.42. The zero-order valence-corrected chi connectivity index (χ0v) is 9.45. The highest BCUT2D eigenvalue weighted by Gasteiger charge is 2.22. The molecule has 0 radical (unpaired) electrons. The number of benzene rings is 1. The molecular formula is C13H20N2. The molecule has 2 heteroatoms. The van der Waals surface area contributed by atoms with Gasteiger partial charge in [0.25, 0.3) is 0 Å². The van der Waals surface area contributed by atoms with Gasteiger partial charge in [-0.1, -0.05) is 19.1 Å². The molecule has 15 heavy (non-hydrogen) atoms. The average molecular weight is 204 g/mol. The van der Waals surface area contributed by atoms with E-state index in [4.69, 9.17) is 5.73 Å². The van der Waals surface area contributed by atoms with Crippen LogP contribution in [0.5, 0.6) is 0 Å². The van der Waals surface area contributed by atoms with Crippen LogP contribution in [0.4, 0.5) is 5.69 Å². The fourth-order valence-corrected chi connectivity index (χ4v) is 2.42. The van der Waals surface area contributed by atoms with E-state index in [1.165, 1.54) is 31.4 Å². The van der Waals surface area contributed by atoms with Crippen molar-refractivity contribution in [3.63, 3.8) is 0 Å². The minimum Gasteiger partial charge on any atom is -0.399 e. The Kier molecular flexibility index (Phi) is 3.27. The normalized spacial score (nSPS) is 22.1. The number of nitrogens with two attached hydrogens (primary N) is 1. The van der Waals surface area contributed by atoms with Crippen LogP contribution in [-0.4, -0.2) is 17.5 Å². The number of hydrogen-bond acceptors (Lipinski definition) is 2. The van der Waals surface area contributed by atoms with Gasteiger partial charge in [-0.25, -0.2) is 0 Å². The minimum atomic E-state index is 0.794. The smallest absolute Gasteiger partial charge is 0.0314 e. The molecule has 0 spiro atoms. The molecule has 82 valence electrons. The highest BCUT2D eigenvalue weighted by molar-refractivity contribution is 5.39. The topological polar surface area (TPSA) is 29.3 Å². The van der Waals surface area contributed by atoms with Gasteiger partial charge in [-0.05, 0) is 43.5 Å². The van der Waals surface area contributed by atoms with Crippen LogP contribution in [0, 0.1) is 0 Å². The van der Waals surface area contributed by atoms with Crippen LogP contribution in [0.1, 0.15) is 31.7 Å². The number of hydrogen-bond donors (Lipinski definition) is 1. The van der Waals surface area contributed by atoms with Gasteiger partial charge in [-0.15, -0.1) is 0 Å². The lowest BCUT2D eigenvalue weighted by molar-refractivity contribution is 0.240. The number of nitrogens with zero attached hydrogens (tertiary/aromatic N) is 1. The zero-order chi connectivity index (χ0) is 10.7. The van der Waals surface area contributed by atoms with Crippen molar-refractivity contribution < 1.29 is 0 Å². The fourth-order valence-electron chi connectivity index (χ4n) is 2.42. The first-order chi connectivity index (χ1) is 7.29. The maximum atomic E-state index is 5.67. The average Bonchev–Trinajstić information content (AvgIpc) is 2.69. The Balaban J connectivity index is 1.99. The van der Waals surface area contributed by atoms with Gasteiger partial charge in [0.05, 0.1) is 0 Å². The third kappa shape index (κ3) is 2.51. The van der Waals surface area contributed by atoms with Crippen LogP contribution in [-0.2, 0) is 6.54 Å². The van der Waals surface area contributed by atoms with E-state index in [1.54, 1.807) is 0 Å². The number of anilines is 1. The van der Waals surface area contributed by atoms with E-state index in [2.05, 4.69) is 24.0 Å². The van der Waals surface area contributed by atoms with E-state index < -0.39 is 0 Å². The van der Waals surface area contributed by atoms with Gasteiger partial charge in [0.2, 0.25) is 0 Å². The highest BCUT2D eigenvalue weighted by atomic mass is 15.2. The summed E-state index contributed by atoms with van der Waals surface area (Å²) in [6, 6.07) is 9.06. The van der Waals surface area contributed by atoms with Gasteiger partial charge in [0.1, 0.15) is 0 Å². The lowest BCUT2D eigenvalue weighted by Gasteiger charge is -2.23. The molecule has 0 bridgehead atoms. The van der Waals surface area contributed by atoms with E-state index in [0.29, 0.717) is 0 Å². The summed E-state index contributed by atoms with van der Waals surface area (Å²) in [5.41, 5.74) is 7.91. The molecule has 1 saturated heterocycles. The van der Waals surface area contributed by atoms with E-state index in [0.717, 1.165) is 18.3 Å². The van der Waals surface area contributed by atoms with Crippen LogP contribution >= 0.6 is 0 Å². The molecule has 2 N–H and O–H groups in total. The largest absolute Gasteiger partial charge is 0.399 e. The standard InChI is InChI=1S/C13H20N2/c1-2-13-4-3-9-15(13)10-11-5-7-12(14)8-6-11/h5-8,13H,2-4,9-10,14H2,1H3/t13-/m1/s1. The molecule has 1 aromatic carbocycles. The molecule has 1 heterocycles. The minimum absolute atomic E-state index is 0.794. The van der Waals surface area contributed by atoms with Gasteiger partial charge in [0, 0.05) is 18.3 Å². The van der Waals surface area contributed by atoms with Crippen LogP contribution in [0.3, 0.4) is 0 Å². The SMILES string of the molecule is CC[C@@H]1CCCN1Cc1ccc(N)cc1.